The Morgan fingerprint density at radius 3 is 2.58 bits per heavy atom. The number of halogens is 1. The molecule has 136 valence electrons. The van der Waals surface area contributed by atoms with Crippen LogP contribution in [0.1, 0.15) is 25.3 Å². The van der Waals surface area contributed by atoms with Crippen LogP contribution in [0, 0.1) is 0 Å². The first-order chi connectivity index (χ1) is 11.8. The van der Waals surface area contributed by atoms with Crippen molar-refractivity contribution in [2.75, 3.05) is 46.6 Å². The average molecular weight is 356 g/mol. The molecule has 0 unspecified atom stereocenters. The van der Waals surface area contributed by atoms with E-state index in [1.165, 1.54) is 5.56 Å². The summed E-state index contributed by atoms with van der Waals surface area (Å²) in [5.74, 6) is 0.867. The molecule has 0 aliphatic heterocycles. The van der Waals surface area contributed by atoms with Crippen molar-refractivity contribution < 1.29 is 9.47 Å². The molecule has 0 bridgehead atoms. The monoisotopic (exact) mass is 355 g/mol. The molecule has 0 amide bonds. The highest BCUT2D eigenvalue weighted by atomic mass is 35.5. The second-order valence-corrected chi connectivity index (χ2v) is 5.81. The van der Waals surface area contributed by atoms with Gasteiger partial charge in [0.25, 0.3) is 0 Å². The van der Waals surface area contributed by atoms with Gasteiger partial charge in [-0.3, -0.25) is 4.99 Å². The van der Waals surface area contributed by atoms with Crippen LogP contribution in [0.3, 0.4) is 0 Å². The highest BCUT2D eigenvalue weighted by Gasteiger charge is 1.98. The van der Waals surface area contributed by atoms with E-state index in [1.54, 1.807) is 7.11 Å². The number of hydrogen-bond donors (Lipinski definition) is 2. The number of aliphatic imine (C=N–C) groups is 1. The van der Waals surface area contributed by atoms with Gasteiger partial charge in [0.1, 0.15) is 0 Å². The summed E-state index contributed by atoms with van der Waals surface area (Å²) >= 11 is 5.90. The Balaban J connectivity index is 2.18. The van der Waals surface area contributed by atoms with Crippen LogP contribution >= 0.6 is 11.6 Å². The van der Waals surface area contributed by atoms with Gasteiger partial charge in [-0.05, 0) is 43.9 Å². The molecule has 0 saturated heterocycles. The van der Waals surface area contributed by atoms with Crippen molar-refractivity contribution in [3.05, 3.63) is 34.9 Å². The molecular weight excluding hydrogens is 326 g/mol. The molecular formula is C18H30ClN3O2. The van der Waals surface area contributed by atoms with Crippen LogP contribution in [0.15, 0.2) is 29.3 Å². The SMILES string of the molecule is CCNC(=NCCCCOCCOC)NCCc1ccc(Cl)cc1. The molecule has 1 aromatic rings. The zero-order valence-corrected chi connectivity index (χ0v) is 15.6. The van der Waals surface area contributed by atoms with Crippen LogP contribution in [0.4, 0.5) is 0 Å². The summed E-state index contributed by atoms with van der Waals surface area (Å²) in [4.78, 5) is 4.59. The van der Waals surface area contributed by atoms with Crippen LogP contribution in [-0.4, -0.2) is 52.5 Å². The maximum absolute atomic E-state index is 5.90. The van der Waals surface area contributed by atoms with Gasteiger partial charge in [-0.15, -0.1) is 0 Å². The van der Waals surface area contributed by atoms with E-state index in [4.69, 9.17) is 21.1 Å². The van der Waals surface area contributed by atoms with Gasteiger partial charge < -0.3 is 20.1 Å². The molecule has 0 aliphatic carbocycles. The Morgan fingerprint density at radius 1 is 1.08 bits per heavy atom. The third-order valence-corrected chi connectivity index (χ3v) is 3.61. The van der Waals surface area contributed by atoms with Crippen molar-refractivity contribution in [3.63, 3.8) is 0 Å². The Bertz CT molecular complexity index is 452. The lowest BCUT2D eigenvalue weighted by Gasteiger charge is -2.11. The molecule has 24 heavy (non-hydrogen) atoms. The minimum atomic E-state index is 0.653. The maximum Gasteiger partial charge on any atom is 0.191 e. The van der Waals surface area contributed by atoms with Crippen molar-refractivity contribution in [3.8, 4) is 0 Å². The van der Waals surface area contributed by atoms with Crippen LogP contribution in [0.5, 0.6) is 0 Å². The van der Waals surface area contributed by atoms with Gasteiger partial charge in [-0.25, -0.2) is 0 Å². The topological polar surface area (TPSA) is 54.9 Å². The summed E-state index contributed by atoms with van der Waals surface area (Å²) in [6.45, 7) is 6.64. The van der Waals surface area contributed by atoms with Gasteiger partial charge in [0.2, 0.25) is 0 Å². The Kier molecular flexibility index (Phi) is 12.2. The minimum absolute atomic E-state index is 0.653. The van der Waals surface area contributed by atoms with Gasteiger partial charge >= 0.3 is 0 Å². The number of rotatable bonds is 12. The van der Waals surface area contributed by atoms with Crippen LogP contribution in [0.25, 0.3) is 0 Å². The summed E-state index contributed by atoms with van der Waals surface area (Å²) in [5, 5.41) is 7.40. The van der Waals surface area contributed by atoms with Gasteiger partial charge in [-0.1, -0.05) is 23.7 Å². The number of hydrogen-bond acceptors (Lipinski definition) is 3. The molecule has 0 aliphatic rings. The fraction of sp³-hybridized carbons (Fsp3) is 0.611. The molecule has 0 atom stereocenters. The first-order valence-corrected chi connectivity index (χ1v) is 8.97. The number of guanidine groups is 1. The number of ether oxygens (including phenoxy) is 2. The Labute approximate surface area is 150 Å². The summed E-state index contributed by atoms with van der Waals surface area (Å²) in [5.41, 5.74) is 1.26. The highest BCUT2D eigenvalue weighted by Crippen LogP contribution is 2.09. The molecule has 0 aromatic heterocycles. The van der Waals surface area contributed by atoms with E-state index in [0.717, 1.165) is 56.5 Å². The van der Waals surface area contributed by atoms with E-state index in [0.29, 0.717) is 13.2 Å². The lowest BCUT2D eigenvalue weighted by atomic mass is 10.1. The molecule has 1 aromatic carbocycles. The average Bonchev–Trinajstić information content (AvgIpc) is 2.59. The summed E-state index contributed by atoms with van der Waals surface area (Å²) in [6.07, 6.45) is 2.97. The predicted molar refractivity (Wildman–Crippen MR) is 101 cm³/mol. The molecule has 6 heteroatoms. The number of nitrogens with zero attached hydrogens (tertiary/aromatic N) is 1. The van der Waals surface area contributed by atoms with Crippen molar-refractivity contribution in [1.82, 2.24) is 10.6 Å². The van der Waals surface area contributed by atoms with Crippen LogP contribution in [0.2, 0.25) is 5.02 Å². The van der Waals surface area contributed by atoms with Crippen molar-refractivity contribution >= 4 is 17.6 Å². The van der Waals surface area contributed by atoms with E-state index in [-0.39, 0.29) is 0 Å². The smallest absolute Gasteiger partial charge is 0.191 e. The lowest BCUT2D eigenvalue weighted by Crippen LogP contribution is -2.38. The van der Waals surface area contributed by atoms with Crippen molar-refractivity contribution in [1.29, 1.82) is 0 Å². The molecule has 0 radical (unpaired) electrons. The van der Waals surface area contributed by atoms with E-state index < -0.39 is 0 Å². The van der Waals surface area contributed by atoms with Gasteiger partial charge in [-0.2, -0.15) is 0 Å². The van der Waals surface area contributed by atoms with E-state index in [2.05, 4.69) is 34.7 Å². The van der Waals surface area contributed by atoms with Crippen LogP contribution < -0.4 is 10.6 Å². The predicted octanol–water partition coefficient (Wildman–Crippen LogP) is 2.88. The number of nitrogens with one attached hydrogen (secondary N) is 2. The zero-order valence-electron chi connectivity index (χ0n) is 14.8. The molecule has 0 spiro atoms. The summed E-state index contributed by atoms with van der Waals surface area (Å²) in [6, 6.07) is 7.95. The number of unbranched alkanes of at least 4 members (excludes halogenated alkanes) is 1. The van der Waals surface area contributed by atoms with E-state index in [1.807, 2.05) is 12.1 Å². The third kappa shape index (κ3) is 10.5. The molecule has 1 rings (SSSR count). The third-order valence-electron chi connectivity index (χ3n) is 3.36. The molecule has 0 saturated carbocycles. The fourth-order valence-corrected chi connectivity index (χ4v) is 2.20. The van der Waals surface area contributed by atoms with Gasteiger partial charge in [0.15, 0.2) is 5.96 Å². The molecule has 5 nitrogen and oxygen atoms in total. The minimum Gasteiger partial charge on any atom is -0.382 e. The Morgan fingerprint density at radius 2 is 1.88 bits per heavy atom. The van der Waals surface area contributed by atoms with E-state index >= 15 is 0 Å². The largest absolute Gasteiger partial charge is 0.382 e. The standard InChI is InChI=1S/C18H30ClN3O2/c1-3-20-18(21-11-4-5-13-24-15-14-23-2)22-12-10-16-6-8-17(19)9-7-16/h6-9H,3-5,10-15H2,1-2H3,(H2,20,21,22). The molecule has 2 N–H and O–H groups in total. The summed E-state index contributed by atoms with van der Waals surface area (Å²) < 4.78 is 10.4. The summed E-state index contributed by atoms with van der Waals surface area (Å²) in [7, 11) is 1.68. The van der Waals surface area contributed by atoms with Gasteiger partial charge in [0.05, 0.1) is 13.2 Å². The van der Waals surface area contributed by atoms with Crippen LogP contribution in [-0.2, 0) is 15.9 Å². The van der Waals surface area contributed by atoms with E-state index in [9.17, 15) is 0 Å². The quantitative estimate of drug-likeness (QED) is 0.344. The van der Waals surface area contributed by atoms with Crippen molar-refractivity contribution in [2.45, 2.75) is 26.2 Å². The maximum atomic E-state index is 5.90. The Hall–Kier alpha value is -1.30. The first kappa shape index (κ1) is 20.7. The first-order valence-electron chi connectivity index (χ1n) is 8.59. The lowest BCUT2D eigenvalue weighted by molar-refractivity contribution is 0.0690. The number of methoxy groups -OCH3 is 1. The normalized spacial score (nSPS) is 11.5. The van der Waals surface area contributed by atoms with Gasteiger partial charge in [0, 0.05) is 38.4 Å². The zero-order chi connectivity index (χ0) is 17.5. The fourth-order valence-electron chi connectivity index (χ4n) is 2.07. The number of benzene rings is 1. The second-order valence-electron chi connectivity index (χ2n) is 5.38. The van der Waals surface area contributed by atoms with Crippen molar-refractivity contribution in [2.24, 2.45) is 4.99 Å². The highest BCUT2D eigenvalue weighted by molar-refractivity contribution is 6.30. The molecule has 0 heterocycles. The second kappa shape index (κ2) is 14.1. The molecule has 0 fully saturated rings.